The number of fused-ring (bicyclic) bond motifs is 5. The van der Waals surface area contributed by atoms with E-state index in [4.69, 9.17) is 4.99 Å². The number of rotatable bonds is 0. The van der Waals surface area contributed by atoms with Gasteiger partial charge in [-0.1, -0.05) is 19.8 Å². The number of aromatic amines is 1. The van der Waals surface area contributed by atoms with Gasteiger partial charge in [-0.25, -0.2) is 9.98 Å². The Morgan fingerprint density at radius 1 is 1.30 bits per heavy atom. The average Bonchev–Trinajstić information content (AvgIpc) is 2.99. The molecule has 23 heavy (non-hydrogen) atoms. The number of aromatic nitrogens is 2. The Hall–Kier alpha value is -1.85. The van der Waals surface area contributed by atoms with E-state index in [2.05, 4.69) is 28.7 Å². The van der Waals surface area contributed by atoms with Gasteiger partial charge in [0.15, 0.2) is 5.82 Å². The Morgan fingerprint density at radius 2 is 2.09 bits per heavy atom. The van der Waals surface area contributed by atoms with Gasteiger partial charge in [0, 0.05) is 7.05 Å². The zero-order valence-electron chi connectivity index (χ0n) is 14.4. The molecule has 0 bridgehead atoms. The van der Waals surface area contributed by atoms with E-state index in [0.717, 1.165) is 36.4 Å². The molecule has 6 nitrogen and oxygen atoms in total. The molecule has 2 aliphatic heterocycles. The molecule has 1 amide bonds. The zero-order chi connectivity index (χ0) is 16.4. The van der Waals surface area contributed by atoms with Crippen LogP contribution in [-0.4, -0.2) is 45.4 Å². The summed E-state index contributed by atoms with van der Waals surface area (Å²) >= 11 is 0. The summed E-state index contributed by atoms with van der Waals surface area (Å²) in [5.41, 5.74) is 0.474. The molecule has 0 aromatic carbocycles. The Balaban J connectivity index is 1.82. The number of aliphatic imine (C=N–C) groups is 1. The molecule has 1 saturated carbocycles. The molecular formula is C17H25N5O. The third-order valence-corrected chi connectivity index (χ3v) is 5.76. The Bertz CT molecular complexity index is 693. The summed E-state index contributed by atoms with van der Waals surface area (Å²) in [5, 5.41) is 0. The lowest BCUT2D eigenvalue weighted by molar-refractivity contribution is 0.0859. The normalized spacial score (nSPS) is 33.6. The van der Waals surface area contributed by atoms with Gasteiger partial charge in [0.05, 0.1) is 11.6 Å². The number of nitrogens with zero attached hydrogens (tertiary/aromatic N) is 4. The van der Waals surface area contributed by atoms with E-state index in [1.165, 1.54) is 19.3 Å². The van der Waals surface area contributed by atoms with Crippen LogP contribution in [0, 0.1) is 12.8 Å². The predicted octanol–water partition coefficient (Wildman–Crippen LogP) is 2.71. The van der Waals surface area contributed by atoms with E-state index in [1.807, 2.05) is 14.0 Å². The second-order valence-corrected chi connectivity index (χ2v) is 7.61. The lowest BCUT2D eigenvalue weighted by atomic mass is 9.79. The molecule has 124 valence electrons. The van der Waals surface area contributed by atoms with Gasteiger partial charge >= 0.3 is 0 Å². The lowest BCUT2D eigenvalue weighted by Crippen LogP contribution is -2.54. The highest BCUT2D eigenvalue weighted by molar-refractivity contribution is 6.18. The van der Waals surface area contributed by atoms with Crippen molar-refractivity contribution >= 4 is 17.7 Å². The van der Waals surface area contributed by atoms with Crippen molar-refractivity contribution in [1.29, 1.82) is 0 Å². The summed E-state index contributed by atoms with van der Waals surface area (Å²) in [7, 11) is 1.82. The molecule has 0 radical (unpaired) electrons. The van der Waals surface area contributed by atoms with Crippen molar-refractivity contribution in [1.82, 2.24) is 14.9 Å². The van der Waals surface area contributed by atoms with Gasteiger partial charge in [-0.2, -0.15) is 0 Å². The highest BCUT2D eigenvalue weighted by Gasteiger charge is 2.51. The molecule has 1 aliphatic carbocycles. The average molecular weight is 315 g/mol. The fraction of sp³-hybridized carbons (Fsp3) is 0.706. The minimum atomic E-state index is -0.127. The van der Waals surface area contributed by atoms with Crippen LogP contribution >= 0.6 is 0 Å². The largest absolute Gasteiger partial charge is 0.336 e. The molecule has 1 aromatic heterocycles. The predicted molar refractivity (Wildman–Crippen MR) is 89.8 cm³/mol. The van der Waals surface area contributed by atoms with E-state index in [-0.39, 0.29) is 17.5 Å². The van der Waals surface area contributed by atoms with Crippen LogP contribution in [0.15, 0.2) is 4.99 Å². The Labute approximate surface area is 137 Å². The Morgan fingerprint density at radius 3 is 2.87 bits per heavy atom. The number of guanidine groups is 1. The number of hydrogen-bond acceptors (Lipinski definition) is 4. The first-order valence-electron chi connectivity index (χ1n) is 8.64. The Kier molecular flexibility index (Phi) is 3.09. The third-order valence-electron chi connectivity index (χ3n) is 5.76. The first-order chi connectivity index (χ1) is 10.9. The second-order valence-electron chi connectivity index (χ2n) is 7.61. The van der Waals surface area contributed by atoms with Crippen LogP contribution in [0.1, 0.15) is 62.3 Å². The van der Waals surface area contributed by atoms with Crippen LogP contribution in [0.2, 0.25) is 0 Å². The van der Waals surface area contributed by atoms with Gasteiger partial charge in [0.1, 0.15) is 11.5 Å². The maximum absolute atomic E-state index is 12.6. The zero-order valence-corrected chi connectivity index (χ0v) is 14.4. The standard InChI is InChI=1S/C17H25N5O/c1-10-6-5-9-17(3)12(8-7-10)22-14-13(18-11(2)19-14)15(23)21(4)16(22)20-17/h10,12H,5-9H2,1-4H3,(H,18,19). The summed E-state index contributed by atoms with van der Waals surface area (Å²) in [6.07, 6.45) is 5.84. The molecule has 0 saturated heterocycles. The number of carbonyl (C=O) groups is 1. The molecule has 0 spiro atoms. The van der Waals surface area contributed by atoms with E-state index < -0.39 is 0 Å². The number of imidazole rings is 1. The van der Waals surface area contributed by atoms with Gasteiger partial charge in [-0.15, -0.1) is 0 Å². The number of H-pyrrole nitrogens is 1. The SMILES string of the molecule is Cc1nc2c([nH]1)C(=O)N(C)C1=NC3(C)CCCC(C)CCC3N12. The van der Waals surface area contributed by atoms with Crippen LogP contribution in [0.4, 0.5) is 5.82 Å². The first kappa shape index (κ1) is 14.7. The van der Waals surface area contributed by atoms with E-state index in [9.17, 15) is 4.79 Å². The molecule has 3 unspecified atom stereocenters. The van der Waals surface area contributed by atoms with Crippen LogP contribution < -0.4 is 4.90 Å². The third kappa shape index (κ3) is 2.03. The molecule has 6 heteroatoms. The molecule has 3 aliphatic rings. The highest BCUT2D eigenvalue weighted by atomic mass is 16.2. The van der Waals surface area contributed by atoms with E-state index >= 15 is 0 Å². The topological polar surface area (TPSA) is 64.6 Å². The summed E-state index contributed by atoms with van der Waals surface area (Å²) in [6, 6.07) is 0.289. The number of nitrogens with one attached hydrogen (secondary N) is 1. The van der Waals surface area contributed by atoms with Crippen molar-refractivity contribution in [3.05, 3.63) is 11.5 Å². The van der Waals surface area contributed by atoms with E-state index in [0.29, 0.717) is 5.69 Å². The fourth-order valence-corrected chi connectivity index (χ4v) is 4.37. The monoisotopic (exact) mass is 315 g/mol. The van der Waals surface area contributed by atoms with Crippen LogP contribution in [0.25, 0.3) is 0 Å². The van der Waals surface area contributed by atoms with Gasteiger partial charge in [-0.3, -0.25) is 14.6 Å². The molecule has 1 aromatic rings. The molecule has 3 heterocycles. The minimum Gasteiger partial charge on any atom is -0.336 e. The number of hydrogen-bond donors (Lipinski definition) is 1. The number of aryl methyl sites for hydroxylation is 1. The van der Waals surface area contributed by atoms with Gasteiger partial charge in [0.2, 0.25) is 5.96 Å². The summed E-state index contributed by atoms with van der Waals surface area (Å²) in [6.45, 7) is 6.49. The minimum absolute atomic E-state index is 0.0400. The van der Waals surface area contributed by atoms with Crippen molar-refractivity contribution in [2.24, 2.45) is 10.9 Å². The number of anilines is 1. The summed E-state index contributed by atoms with van der Waals surface area (Å²) < 4.78 is 0. The second kappa shape index (κ2) is 4.82. The summed E-state index contributed by atoms with van der Waals surface area (Å²) in [5.74, 6) is 3.04. The summed E-state index contributed by atoms with van der Waals surface area (Å²) in [4.78, 5) is 29.3. The van der Waals surface area contributed by atoms with Crippen molar-refractivity contribution in [3.63, 3.8) is 0 Å². The van der Waals surface area contributed by atoms with Crippen LogP contribution in [0.3, 0.4) is 0 Å². The molecule has 4 rings (SSSR count). The van der Waals surface area contributed by atoms with E-state index in [1.54, 1.807) is 4.90 Å². The van der Waals surface area contributed by atoms with Gasteiger partial charge < -0.3 is 4.98 Å². The maximum atomic E-state index is 12.6. The number of amides is 1. The molecule has 1 fully saturated rings. The number of carbonyl (C=O) groups excluding carboxylic acids is 1. The molecular weight excluding hydrogens is 290 g/mol. The quantitative estimate of drug-likeness (QED) is 0.800. The fourth-order valence-electron chi connectivity index (χ4n) is 4.37. The first-order valence-corrected chi connectivity index (χ1v) is 8.64. The highest BCUT2D eigenvalue weighted by Crippen LogP contribution is 2.43. The van der Waals surface area contributed by atoms with Crippen LogP contribution in [0.5, 0.6) is 0 Å². The lowest BCUT2D eigenvalue weighted by Gasteiger charge is -2.39. The van der Waals surface area contributed by atoms with Crippen molar-refractivity contribution in [2.75, 3.05) is 11.9 Å². The van der Waals surface area contributed by atoms with Gasteiger partial charge in [0.25, 0.3) is 5.91 Å². The molecule has 1 N–H and O–H groups in total. The van der Waals surface area contributed by atoms with Crippen LogP contribution in [-0.2, 0) is 0 Å². The van der Waals surface area contributed by atoms with Crippen molar-refractivity contribution in [3.8, 4) is 0 Å². The smallest absolute Gasteiger partial charge is 0.280 e. The maximum Gasteiger partial charge on any atom is 0.280 e. The van der Waals surface area contributed by atoms with Crippen molar-refractivity contribution < 1.29 is 4.79 Å². The molecule has 3 atom stereocenters. The van der Waals surface area contributed by atoms with Crippen molar-refractivity contribution in [2.45, 2.75) is 64.5 Å². The van der Waals surface area contributed by atoms with Gasteiger partial charge in [-0.05, 0) is 39.0 Å².